The van der Waals surface area contributed by atoms with E-state index < -0.39 is 0 Å². The van der Waals surface area contributed by atoms with Gasteiger partial charge in [0.05, 0.1) is 13.2 Å². The van der Waals surface area contributed by atoms with Gasteiger partial charge in [-0.1, -0.05) is 11.6 Å². The van der Waals surface area contributed by atoms with E-state index >= 15 is 0 Å². The zero-order valence-electron chi connectivity index (χ0n) is 11.2. The minimum Gasteiger partial charge on any atom is -0.379 e. The van der Waals surface area contributed by atoms with E-state index in [9.17, 15) is 4.79 Å². The summed E-state index contributed by atoms with van der Waals surface area (Å²) in [5.41, 5.74) is 1.78. The third-order valence-electron chi connectivity index (χ3n) is 3.72. The third-order valence-corrected chi connectivity index (χ3v) is 3.96. The molecule has 2 aliphatic heterocycles. The van der Waals surface area contributed by atoms with Gasteiger partial charge >= 0.3 is 0 Å². The summed E-state index contributed by atoms with van der Waals surface area (Å²) in [5.74, 6) is -0.00996. The lowest BCUT2D eigenvalue weighted by atomic mass is 10.1. The van der Waals surface area contributed by atoms with Crippen molar-refractivity contribution in [2.24, 2.45) is 0 Å². The molecule has 0 aliphatic carbocycles. The Bertz CT molecular complexity index is 503. The molecule has 20 heavy (non-hydrogen) atoms. The van der Waals surface area contributed by atoms with Crippen molar-refractivity contribution in [1.82, 2.24) is 10.2 Å². The van der Waals surface area contributed by atoms with Crippen molar-refractivity contribution >= 4 is 23.2 Å². The number of nitrogens with zero attached hydrogens (tertiary/aromatic N) is 1. The Hall–Kier alpha value is -1.14. The largest absolute Gasteiger partial charge is 0.379 e. The minimum absolute atomic E-state index is 0.00996. The van der Waals surface area contributed by atoms with Gasteiger partial charge in [-0.2, -0.15) is 0 Å². The molecule has 1 saturated heterocycles. The van der Waals surface area contributed by atoms with E-state index in [1.807, 2.05) is 12.1 Å². The quantitative estimate of drug-likeness (QED) is 0.878. The van der Waals surface area contributed by atoms with Crippen molar-refractivity contribution in [2.45, 2.75) is 6.04 Å². The number of nitrogens with one attached hydrogen (secondary N) is 2. The first-order valence-electron chi connectivity index (χ1n) is 6.88. The number of hydrogen-bond donors (Lipinski definition) is 2. The monoisotopic (exact) mass is 295 g/mol. The molecule has 108 valence electrons. The molecule has 1 aromatic carbocycles. The molecular weight excluding hydrogens is 278 g/mol. The number of carbonyl (C=O) groups is 1. The molecule has 2 N–H and O–H groups in total. The van der Waals surface area contributed by atoms with Gasteiger partial charge in [-0.3, -0.25) is 9.69 Å². The Balaban J connectivity index is 1.57. The highest BCUT2D eigenvalue weighted by atomic mass is 35.5. The molecule has 0 bridgehead atoms. The fraction of sp³-hybridized carbons (Fsp3) is 0.500. The van der Waals surface area contributed by atoms with Gasteiger partial charge < -0.3 is 15.4 Å². The average molecular weight is 296 g/mol. The molecule has 1 atom stereocenters. The van der Waals surface area contributed by atoms with Crippen molar-refractivity contribution in [3.05, 3.63) is 28.8 Å². The number of morpholine rings is 1. The average Bonchev–Trinajstić information content (AvgIpc) is 2.76. The van der Waals surface area contributed by atoms with E-state index in [1.165, 1.54) is 0 Å². The number of benzene rings is 1. The molecule has 1 amide bonds. The Kier molecular flexibility index (Phi) is 4.21. The fourth-order valence-corrected chi connectivity index (χ4v) is 2.81. The predicted octanol–water partition coefficient (Wildman–Crippen LogP) is 1.25. The maximum atomic E-state index is 12.0. The van der Waals surface area contributed by atoms with Crippen LogP contribution in [0.5, 0.6) is 0 Å². The second-order valence-electron chi connectivity index (χ2n) is 5.06. The number of carbonyl (C=O) groups excluding carboxylic acids is 1. The summed E-state index contributed by atoms with van der Waals surface area (Å²) in [6.45, 7) is 5.19. The number of anilines is 1. The molecule has 0 aromatic heterocycles. The molecule has 0 radical (unpaired) electrons. The molecule has 1 aromatic rings. The lowest BCUT2D eigenvalue weighted by Gasteiger charge is -2.27. The molecule has 5 nitrogen and oxygen atoms in total. The van der Waals surface area contributed by atoms with Gasteiger partial charge in [0, 0.05) is 42.5 Å². The van der Waals surface area contributed by atoms with Crippen LogP contribution in [0.25, 0.3) is 0 Å². The van der Waals surface area contributed by atoms with Crippen LogP contribution >= 0.6 is 11.6 Å². The summed E-state index contributed by atoms with van der Waals surface area (Å²) >= 11 is 6.00. The summed E-state index contributed by atoms with van der Waals surface area (Å²) < 4.78 is 5.32. The first-order valence-corrected chi connectivity index (χ1v) is 7.25. The number of rotatable bonds is 4. The lowest BCUT2D eigenvalue weighted by Crippen LogP contribution is -2.41. The standard InChI is InChI=1S/C14H18ClN3O2/c15-10-1-2-12-11(9-10)13(14(19)17-12)16-3-4-18-5-7-20-8-6-18/h1-2,9,13,16H,3-8H2,(H,17,19). The van der Waals surface area contributed by atoms with E-state index in [1.54, 1.807) is 6.07 Å². The van der Waals surface area contributed by atoms with Crippen LogP contribution in [-0.4, -0.2) is 50.2 Å². The first-order chi connectivity index (χ1) is 9.74. The van der Waals surface area contributed by atoms with Crippen LogP contribution in [0.1, 0.15) is 11.6 Å². The highest BCUT2D eigenvalue weighted by Gasteiger charge is 2.30. The summed E-state index contributed by atoms with van der Waals surface area (Å²) in [4.78, 5) is 14.3. The predicted molar refractivity (Wildman–Crippen MR) is 78.1 cm³/mol. The maximum absolute atomic E-state index is 12.0. The van der Waals surface area contributed by atoms with E-state index in [0.29, 0.717) is 5.02 Å². The maximum Gasteiger partial charge on any atom is 0.246 e. The van der Waals surface area contributed by atoms with E-state index in [2.05, 4.69) is 15.5 Å². The normalized spacial score (nSPS) is 22.6. The van der Waals surface area contributed by atoms with Crippen molar-refractivity contribution < 1.29 is 9.53 Å². The van der Waals surface area contributed by atoms with Gasteiger partial charge in [0.25, 0.3) is 0 Å². The van der Waals surface area contributed by atoms with E-state index in [4.69, 9.17) is 16.3 Å². The van der Waals surface area contributed by atoms with Crippen molar-refractivity contribution in [1.29, 1.82) is 0 Å². The SMILES string of the molecule is O=C1Nc2ccc(Cl)cc2C1NCCN1CCOCC1. The Labute approximate surface area is 123 Å². The summed E-state index contributed by atoms with van der Waals surface area (Å²) in [5, 5.41) is 6.83. The topological polar surface area (TPSA) is 53.6 Å². The third kappa shape index (κ3) is 2.96. The number of halogens is 1. The van der Waals surface area contributed by atoms with Crippen LogP contribution in [0.15, 0.2) is 18.2 Å². The Morgan fingerprint density at radius 3 is 3.00 bits per heavy atom. The zero-order chi connectivity index (χ0) is 13.9. The smallest absolute Gasteiger partial charge is 0.246 e. The summed E-state index contributed by atoms with van der Waals surface area (Å²) in [6.07, 6.45) is 0. The van der Waals surface area contributed by atoms with Crippen LogP contribution in [0.4, 0.5) is 5.69 Å². The van der Waals surface area contributed by atoms with Crippen molar-refractivity contribution in [2.75, 3.05) is 44.7 Å². The van der Waals surface area contributed by atoms with Crippen LogP contribution in [-0.2, 0) is 9.53 Å². The second-order valence-corrected chi connectivity index (χ2v) is 5.50. The van der Waals surface area contributed by atoms with Crippen molar-refractivity contribution in [3.63, 3.8) is 0 Å². The highest BCUT2D eigenvalue weighted by Crippen LogP contribution is 2.32. The number of ether oxygens (including phenoxy) is 1. The zero-order valence-corrected chi connectivity index (χ0v) is 11.9. The van der Waals surface area contributed by atoms with Gasteiger partial charge in [-0.25, -0.2) is 0 Å². The van der Waals surface area contributed by atoms with Crippen LogP contribution < -0.4 is 10.6 Å². The van der Waals surface area contributed by atoms with Crippen LogP contribution in [0.2, 0.25) is 5.02 Å². The lowest BCUT2D eigenvalue weighted by molar-refractivity contribution is -0.117. The molecule has 2 heterocycles. The summed E-state index contributed by atoms with van der Waals surface area (Å²) in [6, 6.07) is 5.18. The van der Waals surface area contributed by atoms with Crippen molar-refractivity contribution in [3.8, 4) is 0 Å². The van der Waals surface area contributed by atoms with Gasteiger partial charge in [0.15, 0.2) is 0 Å². The van der Waals surface area contributed by atoms with Gasteiger partial charge in [-0.05, 0) is 18.2 Å². The van der Waals surface area contributed by atoms with Gasteiger partial charge in [0.2, 0.25) is 5.91 Å². The van der Waals surface area contributed by atoms with Crippen LogP contribution in [0, 0.1) is 0 Å². The second kappa shape index (κ2) is 6.10. The molecule has 1 unspecified atom stereocenters. The molecular formula is C14H18ClN3O2. The van der Waals surface area contributed by atoms with Gasteiger partial charge in [-0.15, -0.1) is 0 Å². The van der Waals surface area contributed by atoms with E-state index in [-0.39, 0.29) is 11.9 Å². The first kappa shape index (κ1) is 13.8. The molecule has 3 rings (SSSR count). The number of fused-ring (bicyclic) bond motifs is 1. The van der Waals surface area contributed by atoms with E-state index in [0.717, 1.165) is 50.6 Å². The highest BCUT2D eigenvalue weighted by molar-refractivity contribution is 6.31. The fourth-order valence-electron chi connectivity index (χ4n) is 2.63. The number of hydrogen-bond acceptors (Lipinski definition) is 4. The molecule has 0 spiro atoms. The summed E-state index contributed by atoms with van der Waals surface area (Å²) in [7, 11) is 0. The number of amides is 1. The molecule has 0 saturated carbocycles. The Morgan fingerprint density at radius 2 is 2.20 bits per heavy atom. The molecule has 6 heteroatoms. The Morgan fingerprint density at radius 1 is 1.40 bits per heavy atom. The van der Waals surface area contributed by atoms with Crippen LogP contribution in [0.3, 0.4) is 0 Å². The molecule has 1 fully saturated rings. The van der Waals surface area contributed by atoms with Gasteiger partial charge in [0.1, 0.15) is 6.04 Å². The molecule has 2 aliphatic rings. The minimum atomic E-state index is -0.301.